The first kappa shape index (κ1) is 18.6. The molecule has 0 aliphatic heterocycles. The number of carbonyl (C=O) groups excluding carboxylic acids is 1. The number of nitrogens with zero attached hydrogens (tertiary/aromatic N) is 4. The van der Waals surface area contributed by atoms with E-state index in [1.54, 1.807) is 4.68 Å². The van der Waals surface area contributed by atoms with Crippen LogP contribution in [0.5, 0.6) is 0 Å². The van der Waals surface area contributed by atoms with Gasteiger partial charge in [0.05, 0.1) is 17.1 Å². The highest BCUT2D eigenvalue weighted by Gasteiger charge is 2.20. The zero-order valence-corrected chi connectivity index (χ0v) is 16.5. The number of nitrogens with one attached hydrogen (secondary N) is 1. The number of aromatic nitrogens is 4. The summed E-state index contributed by atoms with van der Waals surface area (Å²) < 4.78 is 1.69. The summed E-state index contributed by atoms with van der Waals surface area (Å²) in [6.07, 6.45) is 0. The van der Waals surface area contributed by atoms with Crippen molar-refractivity contribution in [3.05, 3.63) is 89.5 Å². The Morgan fingerprint density at radius 3 is 2.21 bits per heavy atom. The van der Waals surface area contributed by atoms with Gasteiger partial charge in [0.15, 0.2) is 5.82 Å². The van der Waals surface area contributed by atoms with Gasteiger partial charge in [-0.3, -0.25) is 9.78 Å². The van der Waals surface area contributed by atoms with Crippen molar-refractivity contribution in [2.45, 2.75) is 20.8 Å². The van der Waals surface area contributed by atoms with Gasteiger partial charge in [-0.25, -0.2) is 9.67 Å². The largest absolute Gasteiger partial charge is 0.317 e. The summed E-state index contributed by atoms with van der Waals surface area (Å²) in [7, 11) is 0. The number of para-hydroxylation sites is 1. The van der Waals surface area contributed by atoms with Crippen molar-refractivity contribution in [1.82, 2.24) is 19.7 Å². The van der Waals surface area contributed by atoms with E-state index in [0.29, 0.717) is 11.5 Å². The molecule has 2 aromatic heterocycles. The van der Waals surface area contributed by atoms with Gasteiger partial charge in [0, 0.05) is 11.3 Å². The summed E-state index contributed by atoms with van der Waals surface area (Å²) in [5, 5.41) is 7.43. The quantitative estimate of drug-likeness (QED) is 0.563. The van der Waals surface area contributed by atoms with Gasteiger partial charge in [0.2, 0.25) is 5.82 Å². The van der Waals surface area contributed by atoms with Crippen LogP contribution >= 0.6 is 0 Å². The maximum Gasteiger partial charge on any atom is 0.295 e. The average Bonchev–Trinajstić information content (AvgIpc) is 3.17. The molecule has 0 saturated carbocycles. The Labute approximate surface area is 169 Å². The number of aryl methyl sites for hydroxylation is 3. The van der Waals surface area contributed by atoms with Crippen molar-refractivity contribution in [1.29, 1.82) is 0 Å². The van der Waals surface area contributed by atoms with Gasteiger partial charge in [-0.05, 0) is 44.5 Å². The van der Waals surface area contributed by atoms with Crippen LogP contribution in [0.25, 0.3) is 17.1 Å². The Bertz CT molecular complexity index is 1090. The molecular weight excluding hydrogens is 362 g/mol. The van der Waals surface area contributed by atoms with Gasteiger partial charge in [0.25, 0.3) is 5.91 Å². The van der Waals surface area contributed by atoms with E-state index in [-0.39, 0.29) is 11.7 Å². The molecule has 0 aliphatic carbocycles. The fourth-order valence-corrected chi connectivity index (χ4v) is 3.31. The van der Waals surface area contributed by atoms with E-state index in [0.717, 1.165) is 28.2 Å². The van der Waals surface area contributed by atoms with Crippen molar-refractivity contribution >= 4 is 11.6 Å². The summed E-state index contributed by atoms with van der Waals surface area (Å²) in [5.41, 5.74) is 5.04. The minimum atomic E-state index is -0.367. The molecule has 6 nitrogen and oxygen atoms in total. The number of hydrogen-bond acceptors (Lipinski definition) is 4. The van der Waals surface area contributed by atoms with E-state index in [9.17, 15) is 4.79 Å². The molecule has 0 saturated heterocycles. The Hall–Kier alpha value is -3.80. The van der Waals surface area contributed by atoms with Crippen molar-refractivity contribution in [3.63, 3.8) is 0 Å². The van der Waals surface area contributed by atoms with Crippen LogP contribution in [0.4, 0.5) is 5.69 Å². The molecule has 6 heteroatoms. The number of amides is 1. The summed E-state index contributed by atoms with van der Waals surface area (Å²) in [6, 6.07) is 21.3. The standard InChI is InChI=1S/C23H21N5O/c1-15-14-16(2)24-17(3)20(15)25-23(29)21-26-22(18-10-6-4-7-11-18)28(27-21)19-12-8-5-9-13-19/h4-14H,1-3H3,(H,25,29). The van der Waals surface area contributed by atoms with Crippen molar-refractivity contribution in [2.75, 3.05) is 5.32 Å². The van der Waals surface area contributed by atoms with E-state index in [2.05, 4.69) is 20.4 Å². The highest BCUT2D eigenvalue weighted by Crippen LogP contribution is 2.23. The smallest absolute Gasteiger partial charge is 0.295 e. The van der Waals surface area contributed by atoms with Crippen molar-refractivity contribution in [3.8, 4) is 17.1 Å². The molecule has 0 bridgehead atoms. The Morgan fingerprint density at radius 1 is 0.897 bits per heavy atom. The second-order valence-electron chi connectivity index (χ2n) is 6.87. The number of hydrogen-bond donors (Lipinski definition) is 1. The second kappa shape index (κ2) is 7.67. The van der Waals surface area contributed by atoms with Crippen LogP contribution in [0.15, 0.2) is 66.7 Å². The van der Waals surface area contributed by atoms with Crippen molar-refractivity contribution in [2.24, 2.45) is 0 Å². The lowest BCUT2D eigenvalue weighted by Gasteiger charge is -2.10. The number of benzene rings is 2. The maximum absolute atomic E-state index is 13.0. The third-order valence-corrected chi connectivity index (χ3v) is 4.61. The van der Waals surface area contributed by atoms with Crippen LogP contribution in [0.3, 0.4) is 0 Å². The predicted octanol–water partition coefficient (Wildman–Crippen LogP) is 4.51. The molecule has 144 valence electrons. The van der Waals surface area contributed by atoms with E-state index < -0.39 is 0 Å². The molecule has 1 N–H and O–H groups in total. The average molecular weight is 383 g/mol. The first-order chi connectivity index (χ1) is 14.0. The Balaban J connectivity index is 1.75. The van der Waals surface area contributed by atoms with Crippen LogP contribution in [0, 0.1) is 20.8 Å². The third kappa shape index (κ3) is 3.78. The molecule has 2 heterocycles. The summed E-state index contributed by atoms with van der Waals surface area (Å²) >= 11 is 0. The van der Waals surface area contributed by atoms with Gasteiger partial charge in [-0.15, -0.1) is 5.10 Å². The number of anilines is 1. The van der Waals surface area contributed by atoms with Crippen LogP contribution in [0.1, 0.15) is 27.6 Å². The van der Waals surface area contributed by atoms with Gasteiger partial charge < -0.3 is 5.32 Å². The highest BCUT2D eigenvalue weighted by atomic mass is 16.2. The van der Waals surface area contributed by atoms with Crippen LogP contribution in [0.2, 0.25) is 0 Å². The minimum absolute atomic E-state index is 0.104. The monoisotopic (exact) mass is 383 g/mol. The molecule has 0 atom stereocenters. The van der Waals surface area contributed by atoms with E-state index in [1.165, 1.54) is 0 Å². The first-order valence-electron chi connectivity index (χ1n) is 9.37. The summed E-state index contributed by atoms with van der Waals surface area (Å²) in [5.74, 6) is 0.346. The first-order valence-corrected chi connectivity index (χ1v) is 9.37. The minimum Gasteiger partial charge on any atom is -0.317 e. The van der Waals surface area contributed by atoms with E-state index in [4.69, 9.17) is 0 Å². The van der Waals surface area contributed by atoms with Gasteiger partial charge >= 0.3 is 0 Å². The summed E-state index contributed by atoms with van der Waals surface area (Å²) in [4.78, 5) is 21.9. The summed E-state index contributed by atoms with van der Waals surface area (Å²) in [6.45, 7) is 5.75. The highest BCUT2D eigenvalue weighted by molar-refractivity contribution is 6.02. The van der Waals surface area contributed by atoms with E-state index in [1.807, 2.05) is 87.5 Å². The third-order valence-electron chi connectivity index (χ3n) is 4.61. The zero-order chi connectivity index (χ0) is 20.4. The molecule has 0 aliphatic rings. The number of pyridine rings is 1. The molecule has 4 aromatic rings. The fraction of sp³-hybridized carbons (Fsp3) is 0.130. The lowest BCUT2D eigenvalue weighted by atomic mass is 10.1. The van der Waals surface area contributed by atoms with E-state index >= 15 is 0 Å². The Kier molecular flexibility index (Phi) is 4.91. The molecule has 1 amide bonds. The van der Waals surface area contributed by atoms with Gasteiger partial charge in [0.1, 0.15) is 0 Å². The topological polar surface area (TPSA) is 72.7 Å². The number of carbonyl (C=O) groups is 1. The molecule has 29 heavy (non-hydrogen) atoms. The zero-order valence-electron chi connectivity index (χ0n) is 16.5. The second-order valence-corrected chi connectivity index (χ2v) is 6.87. The predicted molar refractivity (Wildman–Crippen MR) is 113 cm³/mol. The molecule has 4 rings (SSSR count). The van der Waals surface area contributed by atoms with Crippen LogP contribution in [-0.2, 0) is 0 Å². The number of rotatable bonds is 4. The molecule has 0 unspecified atom stereocenters. The SMILES string of the molecule is Cc1cc(C)c(NC(=O)c2nc(-c3ccccc3)n(-c3ccccc3)n2)c(C)n1. The van der Waals surface area contributed by atoms with Gasteiger partial charge in [-0.1, -0.05) is 48.5 Å². The molecule has 0 fully saturated rings. The molecular formula is C23H21N5O. The Morgan fingerprint density at radius 2 is 1.55 bits per heavy atom. The molecule has 0 radical (unpaired) electrons. The maximum atomic E-state index is 13.0. The molecule has 0 spiro atoms. The lowest BCUT2D eigenvalue weighted by Crippen LogP contribution is -2.16. The van der Waals surface area contributed by atoms with Crippen LogP contribution in [-0.4, -0.2) is 25.7 Å². The normalized spacial score (nSPS) is 10.7. The van der Waals surface area contributed by atoms with Gasteiger partial charge in [-0.2, -0.15) is 0 Å². The van der Waals surface area contributed by atoms with Crippen molar-refractivity contribution < 1.29 is 4.79 Å². The fourth-order valence-electron chi connectivity index (χ4n) is 3.31. The van der Waals surface area contributed by atoms with Crippen LogP contribution < -0.4 is 5.32 Å². The molecule has 2 aromatic carbocycles. The lowest BCUT2D eigenvalue weighted by molar-refractivity contribution is 0.101.